The summed E-state index contributed by atoms with van der Waals surface area (Å²) in [6.45, 7) is 0. The molecule has 39 heavy (non-hydrogen) atoms. The number of carboxylic acid groups (broad SMARTS) is 1. The first-order chi connectivity index (χ1) is 18.5. The molecule has 8 nitrogen and oxygen atoms in total. The molecule has 2 heterocycles. The zero-order chi connectivity index (χ0) is 28.2. The number of hydrogen-bond acceptors (Lipinski definition) is 6. The molecule has 0 saturated carbocycles. The van der Waals surface area contributed by atoms with Crippen molar-refractivity contribution < 1.29 is 33.3 Å². The number of aliphatic carboxylic acids is 1. The summed E-state index contributed by atoms with van der Waals surface area (Å²) in [5, 5.41) is 29.3. The van der Waals surface area contributed by atoms with Crippen LogP contribution in [-0.2, 0) is 11.0 Å². The van der Waals surface area contributed by atoms with Crippen molar-refractivity contribution in [2.24, 2.45) is 0 Å². The fourth-order valence-electron chi connectivity index (χ4n) is 4.11. The van der Waals surface area contributed by atoms with Crippen LogP contribution < -0.4 is 5.73 Å². The summed E-state index contributed by atoms with van der Waals surface area (Å²) in [5.74, 6) is -0.660. The van der Waals surface area contributed by atoms with Crippen LogP contribution in [0.1, 0.15) is 18.4 Å². The quantitative estimate of drug-likeness (QED) is 0.237. The predicted molar refractivity (Wildman–Crippen MR) is 140 cm³/mol. The number of nitrogen functional groups attached to an aromatic ring is 1. The maximum atomic E-state index is 13.6. The third kappa shape index (κ3) is 6.70. The van der Waals surface area contributed by atoms with Crippen LogP contribution in [0.5, 0.6) is 0 Å². The number of pyridine rings is 1. The Morgan fingerprint density at radius 1 is 1.00 bits per heavy atom. The first-order valence-electron chi connectivity index (χ1n) is 11.9. The van der Waals surface area contributed by atoms with Gasteiger partial charge in [0.15, 0.2) is 0 Å². The third-order valence-electron chi connectivity index (χ3n) is 5.84. The number of carbonyl (C=O) groups is 1. The van der Waals surface area contributed by atoms with Gasteiger partial charge >= 0.3 is 12.1 Å². The highest BCUT2D eigenvalue weighted by Gasteiger charge is 2.31. The lowest BCUT2D eigenvalue weighted by Gasteiger charge is -2.14. The molecule has 4 aromatic rings. The number of rotatable bonds is 9. The molecule has 11 heteroatoms. The van der Waals surface area contributed by atoms with E-state index in [1.807, 2.05) is 0 Å². The molecule has 0 spiro atoms. The van der Waals surface area contributed by atoms with Gasteiger partial charge in [-0.05, 0) is 30.3 Å². The molecular weight excluding hydrogens is 513 g/mol. The van der Waals surface area contributed by atoms with Crippen molar-refractivity contribution in [2.75, 3.05) is 5.73 Å². The van der Waals surface area contributed by atoms with Gasteiger partial charge in [0, 0.05) is 35.5 Å². The van der Waals surface area contributed by atoms with Gasteiger partial charge < -0.3 is 21.1 Å². The molecule has 0 amide bonds. The molecule has 0 bridgehead atoms. The van der Waals surface area contributed by atoms with E-state index in [1.165, 1.54) is 30.6 Å². The number of aliphatic hydroxyl groups excluding tert-OH is 2. The highest BCUT2D eigenvalue weighted by atomic mass is 19.4. The molecule has 2 aromatic carbocycles. The van der Waals surface area contributed by atoms with Crippen molar-refractivity contribution in [2.45, 2.75) is 31.2 Å². The van der Waals surface area contributed by atoms with Crippen molar-refractivity contribution in [3.05, 3.63) is 84.6 Å². The van der Waals surface area contributed by atoms with E-state index in [-0.39, 0.29) is 17.8 Å². The van der Waals surface area contributed by atoms with Crippen LogP contribution in [0.25, 0.3) is 40.1 Å². The second kappa shape index (κ2) is 11.5. The van der Waals surface area contributed by atoms with Gasteiger partial charge in [-0.2, -0.15) is 13.2 Å². The number of nitrogens with zero attached hydrogens (tertiary/aromatic N) is 3. The predicted octanol–water partition coefficient (Wildman–Crippen LogP) is 4.94. The van der Waals surface area contributed by atoms with Gasteiger partial charge in [0.1, 0.15) is 11.6 Å². The van der Waals surface area contributed by atoms with E-state index < -0.39 is 36.3 Å². The molecule has 5 N–H and O–H groups in total. The van der Waals surface area contributed by atoms with Crippen LogP contribution in [0.15, 0.2) is 79.0 Å². The first kappa shape index (κ1) is 27.6. The van der Waals surface area contributed by atoms with Gasteiger partial charge in [-0.15, -0.1) is 0 Å². The molecule has 4 rings (SSSR count). The molecule has 2 atom stereocenters. The standard InChI is InChI=1S/C28H25F3N4O4/c29-28(30,31)20-8-4-7-19(13-20)26-25(18-9-11-33-23(32)14-18)34-27(17-5-2-1-3-6-17)35(26)12-10-21(36)15-22(37)16-24(38)39/h1-14,21-22,36-37H,15-16H2,(H2,32,33)(H,38,39)/b12-10+. The highest BCUT2D eigenvalue weighted by molar-refractivity contribution is 5.85. The van der Waals surface area contributed by atoms with Gasteiger partial charge in [0.25, 0.3) is 0 Å². The summed E-state index contributed by atoms with van der Waals surface area (Å²) in [4.78, 5) is 19.6. The molecule has 0 aliphatic heterocycles. The summed E-state index contributed by atoms with van der Waals surface area (Å²) in [6.07, 6.45) is -3.71. The third-order valence-corrected chi connectivity index (χ3v) is 5.84. The lowest BCUT2D eigenvalue weighted by molar-refractivity contribution is -0.139. The fourth-order valence-corrected chi connectivity index (χ4v) is 4.11. The van der Waals surface area contributed by atoms with Crippen molar-refractivity contribution >= 4 is 18.0 Å². The second-order valence-electron chi connectivity index (χ2n) is 8.81. The monoisotopic (exact) mass is 538 g/mol. The number of aromatic nitrogens is 3. The van der Waals surface area contributed by atoms with E-state index in [9.17, 15) is 28.2 Å². The van der Waals surface area contributed by atoms with Crippen molar-refractivity contribution in [3.63, 3.8) is 0 Å². The van der Waals surface area contributed by atoms with Gasteiger partial charge in [-0.25, -0.2) is 9.97 Å². The maximum absolute atomic E-state index is 13.6. The lowest BCUT2D eigenvalue weighted by Crippen LogP contribution is -2.19. The Labute approximate surface area is 221 Å². The van der Waals surface area contributed by atoms with E-state index in [2.05, 4.69) is 4.98 Å². The Balaban J connectivity index is 1.93. The number of nitrogens with two attached hydrogens (primary N) is 1. The molecule has 0 aliphatic rings. The second-order valence-corrected chi connectivity index (χ2v) is 8.81. The summed E-state index contributed by atoms with van der Waals surface area (Å²) in [5.41, 5.74) is 7.02. The summed E-state index contributed by atoms with van der Waals surface area (Å²) in [7, 11) is 0. The maximum Gasteiger partial charge on any atom is 0.416 e. The normalized spacial score (nSPS) is 13.5. The van der Waals surface area contributed by atoms with E-state index >= 15 is 0 Å². The molecule has 0 fully saturated rings. The molecule has 202 valence electrons. The van der Waals surface area contributed by atoms with Crippen LogP contribution in [0.4, 0.5) is 19.0 Å². The fraction of sp³-hybridized carbons (Fsp3) is 0.179. The lowest BCUT2D eigenvalue weighted by atomic mass is 10.0. The van der Waals surface area contributed by atoms with Gasteiger partial charge in [0.05, 0.1) is 35.6 Å². The zero-order valence-corrected chi connectivity index (χ0v) is 20.5. The van der Waals surface area contributed by atoms with Gasteiger partial charge in [0.2, 0.25) is 0 Å². The number of alkyl halides is 3. The van der Waals surface area contributed by atoms with E-state index in [4.69, 9.17) is 15.8 Å². The molecule has 0 aliphatic carbocycles. The van der Waals surface area contributed by atoms with Crippen LogP contribution >= 0.6 is 0 Å². The number of benzene rings is 2. The Morgan fingerprint density at radius 2 is 1.72 bits per heavy atom. The topological polar surface area (TPSA) is 134 Å². The van der Waals surface area contributed by atoms with Gasteiger partial charge in [-0.1, -0.05) is 42.5 Å². The van der Waals surface area contributed by atoms with E-state index in [0.717, 1.165) is 12.1 Å². The minimum atomic E-state index is -4.59. The number of halogens is 3. The van der Waals surface area contributed by atoms with E-state index in [1.54, 1.807) is 47.0 Å². The van der Waals surface area contributed by atoms with Crippen molar-refractivity contribution in [3.8, 4) is 33.9 Å². The van der Waals surface area contributed by atoms with Gasteiger partial charge in [-0.3, -0.25) is 9.36 Å². The summed E-state index contributed by atoms with van der Waals surface area (Å²) in [6, 6.07) is 16.9. The average Bonchev–Trinajstić information content (AvgIpc) is 3.26. The van der Waals surface area contributed by atoms with Crippen molar-refractivity contribution in [1.82, 2.24) is 14.5 Å². The summed E-state index contributed by atoms with van der Waals surface area (Å²) >= 11 is 0. The van der Waals surface area contributed by atoms with Crippen LogP contribution in [0.3, 0.4) is 0 Å². The zero-order valence-electron chi connectivity index (χ0n) is 20.5. The number of hydrogen-bond donors (Lipinski definition) is 4. The summed E-state index contributed by atoms with van der Waals surface area (Å²) < 4.78 is 42.5. The average molecular weight is 539 g/mol. The van der Waals surface area contributed by atoms with Crippen LogP contribution in [0.2, 0.25) is 0 Å². The Kier molecular flexibility index (Phi) is 8.12. The Hall–Kier alpha value is -4.48. The Morgan fingerprint density at radius 3 is 2.38 bits per heavy atom. The number of aliphatic hydroxyl groups is 2. The molecular formula is C28H25F3N4O4. The highest BCUT2D eigenvalue weighted by Crippen LogP contribution is 2.39. The minimum absolute atomic E-state index is 0.191. The number of anilines is 1. The molecule has 0 saturated heterocycles. The number of carboxylic acids is 1. The van der Waals surface area contributed by atoms with Crippen LogP contribution in [0, 0.1) is 0 Å². The largest absolute Gasteiger partial charge is 0.481 e. The first-order valence-corrected chi connectivity index (χ1v) is 11.9. The minimum Gasteiger partial charge on any atom is -0.481 e. The molecule has 2 aromatic heterocycles. The molecule has 0 radical (unpaired) electrons. The number of imidazole rings is 1. The van der Waals surface area contributed by atoms with Crippen LogP contribution in [-0.4, -0.2) is 48.0 Å². The SMILES string of the molecule is Nc1cc(-c2nc(-c3ccccc3)n(/C=C/C(O)CC(O)CC(=O)O)c2-c2cccc(C(F)(F)F)c2)ccn1. The van der Waals surface area contributed by atoms with E-state index in [0.29, 0.717) is 28.3 Å². The molecule has 2 unspecified atom stereocenters. The van der Waals surface area contributed by atoms with Crippen molar-refractivity contribution in [1.29, 1.82) is 0 Å². The smallest absolute Gasteiger partial charge is 0.416 e. The Bertz CT molecular complexity index is 1490.